The quantitative estimate of drug-likeness (QED) is 0.697. The fourth-order valence-corrected chi connectivity index (χ4v) is 3.28. The molecule has 2 aromatic carbocycles. The molecule has 4 nitrogen and oxygen atoms in total. The van der Waals surface area contributed by atoms with Crippen LogP contribution in [0.2, 0.25) is 0 Å². The molecule has 1 N–H and O–H groups in total. The molecule has 0 aliphatic rings. The maximum atomic E-state index is 12.1. The van der Waals surface area contributed by atoms with Crippen LogP contribution in [0, 0.1) is 18.4 Å². The summed E-state index contributed by atoms with van der Waals surface area (Å²) < 4.78 is 26.1. The summed E-state index contributed by atoms with van der Waals surface area (Å²) in [6.45, 7) is 4.09. The summed E-state index contributed by atoms with van der Waals surface area (Å²) in [7, 11) is -3.83. The van der Waals surface area contributed by atoms with Crippen molar-refractivity contribution in [2.24, 2.45) is 0 Å². The molecular weight excluding hydrogens is 284 g/mol. The van der Waals surface area contributed by atoms with Gasteiger partial charge < -0.3 is 0 Å². The second-order valence-electron chi connectivity index (χ2n) is 4.71. The second kappa shape index (κ2) is 5.98. The van der Waals surface area contributed by atoms with Crippen LogP contribution in [0.3, 0.4) is 0 Å². The first-order chi connectivity index (χ1) is 9.99. The van der Waals surface area contributed by atoms with E-state index >= 15 is 0 Å². The summed E-state index contributed by atoms with van der Waals surface area (Å²) in [4.78, 5) is 0.107. The Balaban J connectivity index is 2.61. The molecule has 0 aromatic heterocycles. The van der Waals surface area contributed by atoms with Gasteiger partial charge in [-0.15, -0.1) is 0 Å². The Morgan fingerprint density at radius 3 is 2.52 bits per heavy atom. The molecule has 0 aliphatic carbocycles. The Labute approximate surface area is 125 Å². The highest BCUT2D eigenvalue weighted by Crippen LogP contribution is 2.28. The molecule has 0 spiro atoms. The molecule has 2 rings (SSSR count). The van der Waals surface area contributed by atoms with Gasteiger partial charge in [0, 0.05) is 5.56 Å². The number of benzene rings is 2. The van der Waals surface area contributed by atoms with E-state index in [2.05, 4.69) is 6.92 Å². The van der Waals surface area contributed by atoms with Crippen molar-refractivity contribution in [3.05, 3.63) is 53.6 Å². The van der Waals surface area contributed by atoms with E-state index in [4.69, 9.17) is 5.26 Å². The van der Waals surface area contributed by atoms with Gasteiger partial charge in [-0.25, -0.2) is 13.1 Å². The van der Waals surface area contributed by atoms with Crippen LogP contribution in [0.5, 0.6) is 0 Å². The van der Waals surface area contributed by atoms with Crippen molar-refractivity contribution < 1.29 is 8.42 Å². The number of nitrogens with one attached hydrogen (secondary N) is 1. The molecule has 0 bridgehead atoms. The Hall–Kier alpha value is -2.32. The zero-order valence-corrected chi connectivity index (χ0v) is 12.7. The number of sulfonamides is 1. The lowest BCUT2D eigenvalue weighted by Crippen LogP contribution is -2.18. The molecule has 2 aromatic rings. The second-order valence-corrected chi connectivity index (χ2v) is 6.36. The average Bonchev–Trinajstić information content (AvgIpc) is 2.47. The van der Waals surface area contributed by atoms with E-state index in [0.29, 0.717) is 5.56 Å². The lowest BCUT2D eigenvalue weighted by Gasteiger charge is -2.11. The molecule has 0 fully saturated rings. The third-order valence-corrected chi connectivity index (χ3v) is 4.69. The van der Waals surface area contributed by atoms with Crippen molar-refractivity contribution in [1.29, 1.82) is 5.26 Å². The highest BCUT2D eigenvalue weighted by Gasteiger charge is 2.18. The van der Waals surface area contributed by atoms with E-state index in [9.17, 15) is 8.42 Å². The van der Waals surface area contributed by atoms with Gasteiger partial charge in [0.05, 0.1) is 4.90 Å². The lowest BCUT2D eigenvalue weighted by molar-refractivity contribution is 0.591. The first kappa shape index (κ1) is 15.1. The highest BCUT2D eigenvalue weighted by atomic mass is 32.2. The van der Waals surface area contributed by atoms with Gasteiger partial charge in [-0.1, -0.05) is 43.3 Å². The maximum absolute atomic E-state index is 12.1. The van der Waals surface area contributed by atoms with Gasteiger partial charge in [0.1, 0.15) is 0 Å². The fourth-order valence-electron chi connectivity index (χ4n) is 2.31. The van der Waals surface area contributed by atoms with E-state index in [1.54, 1.807) is 18.2 Å². The third-order valence-electron chi connectivity index (χ3n) is 3.39. The molecule has 108 valence electrons. The van der Waals surface area contributed by atoms with Crippen LogP contribution in [-0.2, 0) is 16.4 Å². The van der Waals surface area contributed by atoms with Crippen molar-refractivity contribution in [3.63, 3.8) is 0 Å². The van der Waals surface area contributed by atoms with Gasteiger partial charge in [-0.2, -0.15) is 5.26 Å². The SMILES string of the molecule is CCc1ccc(-c2ccccc2S(=O)(=O)NC#N)cc1C. The predicted octanol–water partition coefficient (Wildman–Crippen LogP) is 2.98. The molecule has 5 heteroatoms. The number of hydrogen-bond acceptors (Lipinski definition) is 3. The van der Waals surface area contributed by atoms with E-state index in [1.165, 1.54) is 17.8 Å². The number of hydrogen-bond donors (Lipinski definition) is 1. The summed E-state index contributed by atoms with van der Waals surface area (Å²) in [5.74, 6) is 0. The number of aryl methyl sites for hydroxylation is 2. The number of nitrogens with zero attached hydrogens (tertiary/aromatic N) is 1. The van der Waals surface area contributed by atoms with Crippen LogP contribution in [0.15, 0.2) is 47.4 Å². The van der Waals surface area contributed by atoms with Crippen LogP contribution in [0.1, 0.15) is 18.1 Å². The Kier molecular flexibility index (Phi) is 4.29. The number of rotatable bonds is 4. The molecule has 0 saturated heterocycles. The lowest BCUT2D eigenvalue weighted by atomic mass is 9.99. The van der Waals surface area contributed by atoms with Gasteiger partial charge in [0.2, 0.25) is 0 Å². The first-order valence-electron chi connectivity index (χ1n) is 6.59. The van der Waals surface area contributed by atoms with Gasteiger partial charge in [-0.3, -0.25) is 0 Å². The van der Waals surface area contributed by atoms with Crippen molar-refractivity contribution in [2.45, 2.75) is 25.2 Å². The minimum atomic E-state index is -3.83. The average molecular weight is 300 g/mol. The molecule has 0 radical (unpaired) electrons. The van der Waals surface area contributed by atoms with E-state index < -0.39 is 10.0 Å². The molecule has 0 saturated carbocycles. The van der Waals surface area contributed by atoms with Gasteiger partial charge in [-0.05, 0) is 36.1 Å². The minimum absolute atomic E-state index is 0.107. The van der Waals surface area contributed by atoms with Crippen LogP contribution in [-0.4, -0.2) is 8.42 Å². The summed E-state index contributed by atoms with van der Waals surface area (Å²) in [6.07, 6.45) is 2.41. The van der Waals surface area contributed by atoms with Crippen molar-refractivity contribution in [3.8, 4) is 17.3 Å². The third kappa shape index (κ3) is 3.06. The predicted molar refractivity (Wildman–Crippen MR) is 81.9 cm³/mol. The zero-order chi connectivity index (χ0) is 15.5. The molecule has 21 heavy (non-hydrogen) atoms. The first-order valence-corrected chi connectivity index (χ1v) is 8.07. The number of nitriles is 1. The van der Waals surface area contributed by atoms with Crippen LogP contribution < -0.4 is 4.72 Å². The Bertz CT molecular complexity index is 805. The maximum Gasteiger partial charge on any atom is 0.270 e. The molecule has 0 amide bonds. The van der Waals surface area contributed by atoms with Crippen LogP contribution in [0.4, 0.5) is 0 Å². The van der Waals surface area contributed by atoms with Gasteiger partial charge in [0.25, 0.3) is 10.0 Å². The summed E-state index contributed by atoms with van der Waals surface area (Å²) >= 11 is 0. The van der Waals surface area contributed by atoms with E-state index in [0.717, 1.165) is 17.5 Å². The molecule has 0 aliphatic heterocycles. The normalized spacial score (nSPS) is 10.9. The smallest absolute Gasteiger partial charge is 0.215 e. The van der Waals surface area contributed by atoms with Crippen LogP contribution in [0.25, 0.3) is 11.1 Å². The molecule has 0 heterocycles. The topological polar surface area (TPSA) is 70.0 Å². The Morgan fingerprint density at radius 1 is 1.19 bits per heavy atom. The molecule has 0 atom stereocenters. The standard InChI is InChI=1S/C16H16N2O2S/c1-3-13-8-9-14(10-12(13)2)15-6-4-5-7-16(15)21(19,20)18-11-17/h4-10,18H,3H2,1-2H3. The summed E-state index contributed by atoms with van der Waals surface area (Å²) in [5, 5.41) is 8.60. The van der Waals surface area contributed by atoms with Crippen LogP contribution >= 0.6 is 0 Å². The molecular formula is C16H16N2O2S. The largest absolute Gasteiger partial charge is 0.270 e. The summed E-state index contributed by atoms with van der Waals surface area (Å²) in [6, 6.07) is 12.6. The highest BCUT2D eigenvalue weighted by molar-refractivity contribution is 7.89. The minimum Gasteiger partial charge on any atom is -0.215 e. The van der Waals surface area contributed by atoms with E-state index in [-0.39, 0.29) is 4.90 Å². The van der Waals surface area contributed by atoms with Gasteiger partial charge in [0.15, 0.2) is 6.19 Å². The van der Waals surface area contributed by atoms with E-state index in [1.807, 2.05) is 29.8 Å². The van der Waals surface area contributed by atoms with Crippen molar-refractivity contribution in [1.82, 2.24) is 4.72 Å². The summed E-state index contributed by atoms with van der Waals surface area (Å²) in [5.41, 5.74) is 3.76. The zero-order valence-electron chi connectivity index (χ0n) is 11.9. The Morgan fingerprint density at radius 2 is 1.90 bits per heavy atom. The molecule has 0 unspecified atom stereocenters. The van der Waals surface area contributed by atoms with Gasteiger partial charge >= 0.3 is 0 Å². The fraction of sp³-hybridized carbons (Fsp3) is 0.188. The van der Waals surface area contributed by atoms with Crippen molar-refractivity contribution in [2.75, 3.05) is 0 Å². The van der Waals surface area contributed by atoms with Crippen molar-refractivity contribution >= 4 is 10.0 Å². The monoisotopic (exact) mass is 300 g/mol.